The summed E-state index contributed by atoms with van der Waals surface area (Å²) in [6.07, 6.45) is 1.60. The predicted molar refractivity (Wildman–Crippen MR) is 100 cm³/mol. The molecule has 0 atom stereocenters. The van der Waals surface area contributed by atoms with E-state index in [1.54, 1.807) is 10.9 Å². The Balaban J connectivity index is 1.74. The third-order valence-corrected chi connectivity index (χ3v) is 4.05. The van der Waals surface area contributed by atoms with Crippen molar-refractivity contribution in [3.63, 3.8) is 0 Å². The summed E-state index contributed by atoms with van der Waals surface area (Å²) in [5.74, 6) is -0.490. The predicted octanol–water partition coefficient (Wildman–Crippen LogP) is 4.45. The van der Waals surface area contributed by atoms with Crippen LogP contribution in [0.1, 0.15) is 15.9 Å². The van der Waals surface area contributed by atoms with Gasteiger partial charge in [0.2, 0.25) is 0 Å². The number of hydrogen-bond acceptors (Lipinski definition) is 4. The first-order valence-corrected chi connectivity index (χ1v) is 8.55. The molecule has 28 heavy (non-hydrogen) atoms. The number of carbonyl (C=O) groups excluding carboxylic acids is 1. The minimum atomic E-state index is -3.00. The summed E-state index contributed by atoms with van der Waals surface area (Å²) in [4.78, 5) is 12.5. The Morgan fingerprint density at radius 2 is 1.96 bits per heavy atom. The molecule has 1 heterocycles. The first-order chi connectivity index (χ1) is 13.5. The highest BCUT2D eigenvalue weighted by atomic mass is 35.5. The lowest BCUT2D eigenvalue weighted by molar-refractivity contribution is -0.0512. The van der Waals surface area contributed by atoms with Crippen molar-refractivity contribution in [1.29, 1.82) is 0 Å². The van der Waals surface area contributed by atoms with Gasteiger partial charge in [-0.3, -0.25) is 9.48 Å². The summed E-state index contributed by atoms with van der Waals surface area (Å²) in [7, 11) is 1.29. The second kappa shape index (κ2) is 8.71. The Hall–Kier alpha value is -3.13. The maximum Gasteiger partial charge on any atom is 0.387 e. The molecule has 0 radical (unpaired) electrons. The number of benzene rings is 2. The Morgan fingerprint density at radius 1 is 1.21 bits per heavy atom. The molecule has 6 nitrogen and oxygen atoms in total. The topological polar surface area (TPSA) is 65.4 Å². The number of nitrogens with one attached hydrogen (secondary N) is 1. The number of methoxy groups -OCH3 is 1. The van der Waals surface area contributed by atoms with Crippen molar-refractivity contribution in [2.45, 2.75) is 13.2 Å². The lowest BCUT2D eigenvalue weighted by Gasteiger charge is -2.11. The van der Waals surface area contributed by atoms with Crippen LogP contribution in [-0.2, 0) is 6.54 Å². The number of hydrogen-bond donors (Lipinski definition) is 1. The van der Waals surface area contributed by atoms with E-state index in [-0.39, 0.29) is 27.9 Å². The molecule has 0 spiro atoms. The molecule has 0 aliphatic heterocycles. The number of ether oxygens (including phenoxy) is 2. The van der Waals surface area contributed by atoms with Gasteiger partial charge in [0, 0.05) is 11.8 Å². The average Bonchev–Trinajstić information content (AvgIpc) is 3.01. The summed E-state index contributed by atoms with van der Waals surface area (Å²) in [5.41, 5.74) is 1.20. The standard InChI is InChI=1S/C19H16ClF2N3O3/c1-27-16-9-13(7-8-15(16)28-19(21)22)18(26)23-17-14(20)11-25(24-17)10-12-5-3-2-4-6-12/h2-9,11,19H,10H2,1H3,(H,23,24,26). The van der Waals surface area contributed by atoms with Gasteiger partial charge in [0.05, 0.1) is 13.7 Å². The molecule has 0 saturated carbocycles. The fraction of sp³-hybridized carbons (Fsp3) is 0.158. The van der Waals surface area contributed by atoms with Gasteiger partial charge in [-0.1, -0.05) is 41.9 Å². The van der Waals surface area contributed by atoms with Crippen molar-refractivity contribution < 1.29 is 23.0 Å². The highest BCUT2D eigenvalue weighted by molar-refractivity contribution is 6.33. The second-order valence-corrected chi connectivity index (χ2v) is 6.11. The van der Waals surface area contributed by atoms with Crippen LogP contribution in [0.5, 0.6) is 11.5 Å². The Morgan fingerprint density at radius 3 is 2.64 bits per heavy atom. The lowest BCUT2D eigenvalue weighted by Crippen LogP contribution is -2.13. The van der Waals surface area contributed by atoms with Gasteiger partial charge in [-0.2, -0.15) is 13.9 Å². The van der Waals surface area contributed by atoms with E-state index in [2.05, 4.69) is 15.2 Å². The van der Waals surface area contributed by atoms with Crippen LogP contribution in [0, 0.1) is 0 Å². The van der Waals surface area contributed by atoms with Crippen LogP contribution in [0.2, 0.25) is 5.02 Å². The molecule has 0 saturated heterocycles. The Labute approximate surface area is 164 Å². The molecule has 9 heteroatoms. The third-order valence-electron chi connectivity index (χ3n) is 3.78. The van der Waals surface area contributed by atoms with Crippen LogP contribution in [-0.4, -0.2) is 29.4 Å². The zero-order chi connectivity index (χ0) is 20.1. The Bertz CT molecular complexity index is 964. The number of rotatable bonds is 7. The summed E-state index contributed by atoms with van der Waals surface area (Å²) in [6, 6.07) is 13.5. The number of amides is 1. The van der Waals surface area contributed by atoms with Gasteiger partial charge in [-0.05, 0) is 23.8 Å². The number of carbonyl (C=O) groups is 1. The number of anilines is 1. The van der Waals surface area contributed by atoms with E-state index in [1.807, 2.05) is 30.3 Å². The first-order valence-electron chi connectivity index (χ1n) is 8.17. The van der Waals surface area contributed by atoms with Crippen LogP contribution in [0.25, 0.3) is 0 Å². The van der Waals surface area contributed by atoms with Gasteiger partial charge in [0.25, 0.3) is 5.91 Å². The zero-order valence-corrected chi connectivity index (χ0v) is 15.5. The van der Waals surface area contributed by atoms with Gasteiger partial charge in [0.1, 0.15) is 5.02 Å². The van der Waals surface area contributed by atoms with Gasteiger partial charge >= 0.3 is 6.61 Å². The van der Waals surface area contributed by atoms with Crippen molar-refractivity contribution in [3.8, 4) is 11.5 Å². The van der Waals surface area contributed by atoms with Crippen molar-refractivity contribution in [3.05, 3.63) is 70.9 Å². The quantitative estimate of drug-likeness (QED) is 0.628. The van der Waals surface area contributed by atoms with Crippen LogP contribution < -0.4 is 14.8 Å². The molecule has 0 aliphatic carbocycles. The first kappa shape index (κ1) is 19.6. The number of alkyl halides is 2. The average molecular weight is 408 g/mol. The third kappa shape index (κ3) is 4.77. The fourth-order valence-corrected chi connectivity index (χ4v) is 2.71. The molecule has 0 aliphatic rings. The van der Waals surface area contributed by atoms with Crippen LogP contribution in [0.15, 0.2) is 54.7 Å². The smallest absolute Gasteiger partial charge is 0.387 e. The minimum absolute atomic E-state index is 0.00801. The largest absolute Gasteiger partial charge is 0.493 e. The molecule has 1 amide bonds. The van der Waals surface area contributed by atoms with E-state index in [9.17, 15) is 13.6 Å². The van der Waals surface area contributed by atoms with Crippen LogP contribution in [0.3, 0.4) is 0 Å². The van der Waals surface area contributed by atoms with Gasteiger partial charge < -0.3 is 14.8 Å². The zero-order valence-electron chi connectivity index (χ0n) is 14.7. The van der Waals surface area contributed by atoms with Gasteiger partial charge in [-0.25, -0.2) is 0 Å². The van der Waals surface area contributed by atoms with E-state index in [4.69, 9.17) is 16.3 Å². The van der Waals surface area contributed by atoms with E-state index in [1.165, 1.54) is 25.3 Å². The lowest BCUT2D eigenvalue weighted by atomic mass is 10.2. The molecule has 3 rings (SSSR count). The van der Waals surface area contributed by atoms with E-state index in [0.717, 1.165) is 5.56 Å². The van der Waals surface area contributed by atoms with Crippen molar-refractivity contribution in [2.24, 2.45) is 0 Å². The summed E-state index contributed by atoms with van der Waals surface area (Å²) in [5, 5.41) is 7.14. The molecule has 0 fully saturated rings. The number of nitrogens with zero attached hydrogens (tertiary/aromatic N) is 2. The maximum absolute atomic E-state index is 12.5. The van der Waals surface area contributed by atoms with Crippen molar-refractivity contribution in [2.75, 3.05) is 12.4 Å². The maximum atomic E-state index is 12.5. The molecule has 2 aromatic carbocycles. The highest BCUT2D eigenvalue weighted by Crippen LogP contribution is 2.30. The van der Waals surface area contributed by atoms with Gasteiger partial charge in [0.15, 0.2) is 17.3 Å². The Kier molecular flexibility index (Phi) is 6.10. The molecule has 1 aromatic heterocycles. The molecule has 3 aromatic rings. The molecular weight excluding hydrogens is 392 g/mol. The summed E-state index contributed by atoms with van der Waals surface area (Å²) < 4.78 is 35.8. The van der Waals surface area contributed by atoms with Crippen molar-refractivity contribution >= 4 is 23.3 Å². The minimum Gasteiger partial charge on any atom is -0.493 e. The van der Waals surface area contributed by atoms with E-state index < -0.39 is 12.5 Å². The fourth-order valence-electron chi connectivity index (χ4n) is 2.52. The molecular formula is C19H16ClF2N3O3. The molecule has 1 N–H and O–H groups in total. The number of halogens is 3. The van der Waals surface area contributed by atoms with E-state index in [0.29, 0.717) is 6.54 Å². The van der Waals surface area contributed by atoms with Gasteiger partial charge in [-0.15, -0.1) is 0 Å². The molecule has 146 valence electrons. The molecule has 0 bridgehead atoms. The normalized spacial score (nSPS) is 10.8. The van der Waals surface area contributed by atoms with Crippen molar-refractivity contribution in [1.82, 2.24) is 9.78 Å². The van der Waals surface area contributed by atoms with Crippen LogP contribution in [0.4, 0.5) is 14.6 Å². The monoisotopic (exact) mass is 407 g/mol. The van der Waals surface area contributed by atoms with Crippen LogP contribution >= 0.6 is 11.6 Å². The molecule has 0 unspecified atom stereocenters. The highest BCUT2D eigenvalue weighted by Gasteiger charge is 2.16. The summed E-state index contributed by atoms with van der Waals surface area (Å²) >= 11 is 6.16. The SMILES string of the molecule is COc1cc(C(=O)Nc2nn(Cc3ccccc3)cc2Cl)ccc1OC(F)F. The van der Waals surface area contributed by atoms with E-state index >= 15 is 0 Å². The second-order valence-electron chi connectivity index (χ2n) is 5.71. The summed E-state index contributed by atoms with van der Waals surface area (Å²) in [6.45, 7) is -2.51. The number of aromatic nitrogens is 2.